The number of nitrogens with two attached hydrogens (primary N) is 2. The molecule has 0 aliphatic carbocycles. The van der Waals surface area contributed by atoms with E-state index in [0.29, 0.717) is 6.34 Å². The number of nitrogens with one attached hydrogen (secondary N) is 1. The summed E-state index contributed by atoms with van der Waals surface area (Å²) >= 11 is 0. The molecule has 0 amide bonds. The highest BCUT2D eigenvalue weighted by Gasteiger charge is 2.48. The number of hydrazine groups is 1. The summed E-state index contributed by atoms with van der Waals surface area (Å²) in [6, 6.07) is 3.57. The standard InChI is InChI=1S/C10H12F3N5O4S2/c11-10(12,13)8-3-1-7(2-4-8)5-9(23(14,19)20)16-6-18(17-9)24(15,21)22/h1-4,6,17H,5H2,(H2,14,19,20)(H2,15,21,22). The van der Waals surface area contributed by atoms with Crippen LogP contribution < -0.4 is 15.7 Å². The van der Waals surface area contributed by atoms with Gasteiger partial charge in [0.2, 0.25) is 4.99 Å². The van der Waals surface area contributed by atoms with E-state index in [1.165, 1.54) is 0 Å². The Morgan fingerprint density at radius 2 is 1.67 bits per heavy atom. The second-order valence-corrected chi connectivity index (χ2v) is 8.09. The number of halogens is 3. The van der Waals surface area contributed by atoms with E-state index in [4.69, 9.17) is 10.3 Å². The lowest BCUT2D eigenvalue weighted by Crippen LogP contribution is -2.58. The Kier molecular flexibility index (Phi) is 4.39. The third-order valence-electron chi connectivity index (χ3n) is 3.13. The summed E-state index contributed by atoms with van der Waals surface area (Å²) in [7, 11) is -8.84. The Balaban J connectivity index is 2.35. The van der Waals surface area contributed by atoms with Gasteiger partial charge in [0.25, 0.3) is 10.0 Å². The molecule has 0 saturated heterocycles. The molecular formula is C10H12F3N5O4S2. The molecule has 0 saturated carbocycles. The van der Waals surface area contributed by atoms with Crippen LogP contribution in [0.4, 0.5) is 13.2 Å². The summed E-state index contributed by atoms with van der Waals surface area (Å²) < 4.78 is 84.0. The molecule has 0 aromatic heterocycles. The lowest BCUT2D eigenvalue weighted by molar-refractivity contribution is -0.137. The first kappa shape index (κ1) is 18.6. The fraction of sp³-hybridized carbons (Fsp3) is 0.300. The van der Waals surface area contributed by atoms with Crippen LogP contribution in [0.3, 0.4) is 0 Å². The summed E-state index contributed by atoms with van der Waals surface area (Å²) in [6.07, 6.45) is -4.46. The summed E-state index contributed by atoms with van der Waals surface area (Å²) in [6.45, 7) is 0. The van der Waals surface area contributed by atoms with Crippen molar-refractivity contribution in [3.63, 3.8) is 0 Å². The number of hydrogen-bond donors (Lipinski definition) is 3. The van der Waals surface area contributed by atoms with Gasteiger partial charge in [0.1, 0.15) is 6.34 Å². The summed E-state index contributed by atoms with van der Waals surface area (Å²) in [4.78, 5) is 1.24. The Hall–Kier alpha value is -1.74. The van der Waals surface area contributed by atoms with Crippen molar-refractivity contribution in [1.82, 2.24) is 9.84 Å². The van der Waals surface area contributed by atoms with E-state index in [1.54, 1.807) is 0 Å². The Morgan fingerprint density at radius 3 is 2.04 bits per heavy atom. The van der Waals surface area contributed by atoms with E-state index in [2.05, 4.69) is 4.99 Å². The number of benzene rings is 1. The monoisotopic (exact) mass is 387 g/mol. The zero-order valence-corrected chi connectivity index (χ0v) is 13.4. The maximum Gasteiger partial charge on any atom is 0.416 e. The molecule has 0 fully saturated rings. The molecule has 1 unspecified atom stereocenters. The van der Waals surface area contributed by atoms with Crippen molar-refractivity contribution in [2.24, 2.45) is 15.3 Å². The fourth-order valence-corrected chi connectivity index (χ4v) is 3.22. The van der Waals surface area contributed by atoms with Crippen LogP contribution in [-0.4, -0.2) is 32.6 Å². The summed E-state index contributed by atoms with van der Waals surface area (Å²) in [5.74, 6) is 0. The molecule has 1 aromatic carbocycles. The van der Waals surface area contributed by atoms with Gasteiger partial charge in [-0.05, 0) is 17.7 Å². The van der Waals surface area contributed by atoms with E-state index in [0.717, 1.165) is 24.3 Å². The first-order valence-electron chi connectivity index (χ1n) is 6.08. The van der Waals surface area contributed by atoms with Gasteiger partial charge in [0.05, 0.1) is 5.56 Å². The van der Waals surface area contributed by atoms with Crippen molar-refractivity contribution < 1.29 is 30.0 Å². The average Bonchev–Trinajstić information content (AvgIpc) is 2.83. The van der Waals surface area contributed by atoms with Crippen LogP contribution in [0, 0.1) is 0 Å². The number of rotatable bonds is 4. The maximum atomic E-state index is 12.5. The first-order valence-corrected chi connectivity index (χ1v) is 9.13. The molecule has 0 spiro atoms. The van der Waals surface area contributed by atoms with Gasteiger partial charge in [-0.25, -0.2) is 23.7 Å². The van der Waals surface area contributed by atoms with Crippen LogP contribution in [0.15, 0.2) is 29.3 Å². The molecule has 9 nitrogen and oxygen atoms in total. The highest BCUT2D eigenvalue weighted by molar-refractivity contribution is 7.90. The number of nitrogens with zero attached hydrogens (tertiary/aromatic N) is 2. The van der Waals surface area contributed by atoms with Crippen LogP contribution in [0.2, 0.25) is 0 Å². The molecule has 1 aliphatic heterocycles. The van der Waals surface area contributed by atoms with Crippen LogP contribution in [0.25, 0.3) is 0 Å². The minimum absolute atomic E-state index is 0.123. The summed E-state index contributed by atoms with van der Waals surface area (Å²) in [5.41, 5.74) is 1.24. The second-order valence-electron chi connectivity index (χ2n) is 4.90. The molecule has 0 radical (unpaired) electrons. The molecule has 1 aliphatic rings. The van der Waals surface area contributed by atoms with Crippen molar-refractivity contribution >= 4 is 26.6 Å². The number of hydrogen-bond acceptors (Lipinski definition) is 6. The van der Waals surface area contributed by atoms with Gasteiger partial charge < -0.3 is 0 Å². The molecule has 0 bridgehead atoms. The van der Waals surface area contributed by atoms with Crippen LogP contribution in [0.5, 0.6) is 0 Å². The number of sulfonamides is 1. The van der Waals surface area contributed by atoms with Gasteiger partial charge >= 0.3 is 16.4 Å². The van der Waals surface area contributed by atoms with E-state index in [-0.39, 0.29) is 9.98 Å². The fourth-order valence-electron chi connectivity index (χ4n) is 1.92. The second kappa shape index (κ2) is 5.66. The van der Waals surface area contributed by atoms with E-state index in [9.17, 15) is 30.0 Å². The quantitative estimate of drug-likeness (QED) is 0.621. The van der Waals surface area contributed by atoms with Crippen molar-refractivity contribution in [3.8, 4) is 0 Å². The largest absolute Gasteiger partial charge is 0.416 e. The van der Waals surface area contributed by atoms with Crippen molar-refractivity contribution in [2.75, 3.05) is 0 Å². The smallest absolute Gasteiger partial charge is 0.232 e. The number of primary sulfonamides is 1. The summed E-state index contributed by atoms with van der Waals surface area (Å²) in [5, 5.41) is 9.93. The molecule has 134 valence electrons. The van der Waals surface area contributed by atoms with Crippen LogP contribution >= 0.6 is 0 Å². The average molecular weight is 387 g/mol. The lowest BCUT2D eigenvalue weighted by atomic mass is 10.1. The van der Waals surface area contributed by atoms with E-state index in [1.807, 2.05) is 5.43 Å². The van der Waals surface area contributed by atoms with Gasteiger partial charge in [-0.1, -0.05) is 12.1 Å². The molecule has 1 atom stereocenters. The van der Waals surface area contributed by atoms with Crippen LogP contribution in [0.1, 0.15) is 11.1 Å². The lowest BCUT2D eigenvalue weighted by Gasteiger charge is -2.26. The maximum absolute atomic E-state index is 12.5. The third kappa shape index (κ3) is 3.67. The first-order chi connectivity index (χ1) is 10.7. The highest BCUT2D eigenvalue weighted by Crippen LogP contribution is 2.30. The van der Waals surface area contributed by atoms with Gasteiger partial charge in [0, 0.05) is 6.42 Å². The van der Waals surface area contributed by atoms with Crippen molar-refractivity contribution in [1.29, 1.82) is 0 Å². The highest BCUT2D eigenvalue weighted by atomic mass is 32.2. The normalized spacial score (nSPS) is 22.1. The predicted octanol–water partition coefficient (Wildman–Crippen LogP) is -0.758. The topological polar surface area (TPSA) is 148 Å². The minimum Gasteiger partial charge on any atom is -0.232 e. The Bertz CT molecular complexity index is 867. The van der Waals surface area contributed by atoms with Crippen LogP contribution in [-0.2, 0) is 32.8 Å². The minimum atomic E-state index is -4.55. The molecule has 1 heterocycles. The zero-order valence-electron chi connectivity index (χ0n) is 11.7. The van der Waals surface area contributed by atoms with Crippen molar-refractivity contribution in [2.45, 2.75) is 17.6 Å². The number of alkyl halides is 3. The SMILES string of the molecule is NS(=O)(=O)N1C=NC(Cc2ccc(C(F)(F)F)cc2)(S(N)(=O)=O)N1. The molecule has 24 heavy (non-hydrogen) atoms. The molecule has 5 N–H and O–H groups in total. The molecule has 1 aromatic rings. The molecular weight excluding hydrogens is 375 g/mol. The Morgan fingerprint density at radius 1 is 1.12 bits per heavy atom. The van der Waals surface area contributed by atoms with Gasteiger partial charge in [-0.15, -0.1) is 0 Å². The van der Waals surface area contributed by atoms with Crippen molar-refractivity contribution in [3.05, 3.63) is 35.4 Å². The predicted molar refractivity (Wildman–Crippen MR) is 77.6 cm³/mol. The van der Waals surface area contributed by atoms with E-state index >= 15 is 0 Å². The van der Waals surface area contributed by atoms with Gasteiger partial charge in [-0.2, -0.15) is 31.4 Å². The molecule has 2 rings (SSSR count). The third-order valence-corrected chi connectivity index (χ3v) is 5.14. The van der Waals surface area contributed by atoms with Gasteiger partial charge in [-0.3, -0.25) is 0 Å². The van der Waals surface area contributed by atoms with E-state index < -0.39 is 43.4 Å². The Labute approximate surface area is 135 Å². The molecule has 14 heteroatoms. The number of aliphatic imine (C=N–C) groups is 1. The zero-order chi connectivity index (χ0) is 18.4. The van der Waals surface area contributed by atoms with Gasteiger partial charge in [0.15, 0.2) is 0 Å².